The highest BCUT2D eigenvalue weighted by Crippen LogP contribution is 2.24. The first-order chi connectivity index (χ1) is 12.6. The molecule has 27 heavy (non-hydrogen) atoms. The molecule has 0 radical (unpaired) electrons. The van der Waals surface area contributed by atoms with Crippen LogP contribution in [0.2, 0.25) is 0 Å². The summed E-state index contributed by atoms with van der Waals surface area (Å²) in [6.45, 7) is 2.42. The summed E-state index contributed by atoms with van der Waals surface area (Å²) in [5.41, 5.74) is 7.25. The zero-order valence-electron chi connectivity index (χ0n) is 15.1. The standard InChI is InChI=1S/C19H25FN4OS.HI/c20-17-12-14(3-4-18(17)24-9-6-15(25)7-10-24)13-23-19(21)22-8-5-16-2-1-11-26-16;/h1-4,11-12,15,25H,5-10,13H2,(H3,21,22,23);1H. The highest BCUT2D eigenvalue weighted by atomic mass is 127. The molecule has 5 nitrogen and oxygen atoms in total. The van der Waals surface area contributed by atoms with Gasteiger partial charge in [-0.3, -0.25) is 0 Å². The fourth-order valence-corrected chi connectivity index (χ4v) is 3.72. The number of aliphatic imine (C=N–C) groups is 1. The number of aliphatic hydroxyl groups is 1. The second-order valence-corrected chi connectivity index (χ2v) is 7.49. The fraction of sp³-hybridized carbons (Fsp3) is 0.421. The Morgan fingerprint density at radius 2 is 2.11 bits per heavy atom. The Hall–Kier alpha value is -1.39. The number of thiophene rings is 1. The van der Waals surface area contributed by atoms with Gasteiger partial charge in [0, 0.05) is 24.5 Å². The maximum absolute atomic E-state index is 14.4. The maximum atomic E-state index is 14.4. The van der Waals surface area contributed by atoms with Crippen LogP contribution in [0.15, 0.2) is 40.7 Å². The molecule has 0 saturated carbocycles. The minimum atomic E-state index is -0.266. The van der Waals surface area contributed by atoms with Crippen LogP contribution >= 0.6 is 35.3 Å². The fourth-order valence-electron chi connectivity index (χ4n) is 3.01. The number of benzene rings is 1. The first-order valence-corrected chi connectivity index (χ1v) is 9.77. The summed E-state index contributed by atoms with van der Waals surface area (Å²) in [5, 5.41) is 14.7. The lowest BCUT2D eigenvalue weighted by atomic mass is 10.1. The molecule has 0 spiro atoms. The van der Waals surface area contributed by atoms with Gasteiger partial charge in [0.05, 0.1) is 18.3 Å². The third-order valence-electron chi connectivity index (χ3n) is 4.51. The molecule has 2 heterocycles. The number of hydrogen-bond donors (Lipinski definition) is 3. The van der Waals surface area contributed by atoms with E-state index in [2.05, 4.69) is 21.8 Å². The Balaban J connectivity index is 0.00000261. The van der Waals surface area contributed by atoms with Gasteiger partial charge in [-0.05, 0) is 48.4 Å². The van der Waals surface area contributed by atoms with Gasteiger partial charge in [0.1, 0.15) is 5.82 Å². The summed E-state index contributed by atoms with van der Waals surface area (Å²) < 4.78 is 14.4. The van der Waals surface area contributed by atoms with Crippen LogP contribution in [0.3, 0.4) is 0 Å². The van der Waals surface area contributed by atoms with E-state index in [9.17, 15) is 9.50 Å². The van der Waals surface area contributed by atoms with Crippen LogP contribution in [0.1, 0.15) is 23.3 Å². The van der Waals surface area contributed by atoms with Crippen molar-refractivity contribution in [3.05, 3.63) is 52.0 Å². The van der Waals surface area contributed by atoms with Crippen LogP contribution in [0, 0.1) is 5.82 Å². The molecule has 8 heteroatoms. The van der Waals surface area contributed by atoms with Crippen molar-refractivity contribution in [3.8, 4) is 0 Å². The molecule has 1 saturated heterocycles. The Labute approximate surface area is 180 Å². The number of nitrogens with two attached hydrogens (primary N) is 1. The number of piperidine rings is 1. The van der Waals surface area contributed by atoms with Crippen molar-refractivity contribution in [3.63, 3.8) is 0 Å². The lowest BCUT2D eigenvalue weighted by Crippen LogP contribution is -2.36. The number of anilines is 1. The summed E-state index contributed by atoms with van der Waals surface area (Å²) in [5.74, 6) is 0.120. The van der Waals surface area contributed by atoms with E-state index in [0.717, 1.165) is 18.5 Å². The molecule has 0 amide bonds. The molecule has 4 N–H and O–H groups in total. The van der Waals surface area contributed by atoms with Gasteiger partial charge in [0.15, 0.2) is 5.96 Å². The van der Waals surface area contributed by atoms with Crippen LogP contribution in [0.25, 0.3) is 0 Å². The van der Waals surface area contributed by atoms with Gasteiger partial charge in [0.25, 0.3) is 0 Å². The summed E-state index contributed by atoms with van der Waals surface area (Å²) in [6.07, 6.45) is 2.00. The van der Waals surface area contributed by atoms with Gasteiger partial charge >= 0.3 is 0 Å². The summed E-state index contributed by atoms with van der Waals surface area (Å²) in [4.78, 5) is 7.56. The molecule has 0 bridgehead atoms. The summed E-state index contributed by atoms with van der Waals surface area (Å²) in [7, 11) is 0. The van der Waals surface area contributed by atoms with E-state index in [-0.39, 0.29) is 35.9 Å². The van der Waals surface area contributed by atoms with Gasteiger partial charge < -0.3 is 21.1 Å². The predicted molar refractivity (Wildman–Crippen MR) is 121 cm³/mol. The molecule has 1 fully saturated rings. The van der Waals surface area contributed by atoms with Crippen molar-refractivity contribution in [2.24, 2.45) is 10.7 Å². The Kier molecular flexibility index (Phi) is 8.78. The lowest BCUT2D eigenvalue weighted by molar-refractivity contribution is 0.145. The SMILES string of the molecule is I.NC(=NCc1ccc(N2CCC(O)CC2)c(F)c1)NCCc1cccs1. The molecule has 0 aliphatic carbocycles. The zero-order valence-corrected chi connectivity index (χ0v) is 18.3. The van der Waals surface area contributed by atoms with Gasteiger partial charge in [-0.25, -0.2) is 9.38 Å². The van der Waals surface area contributed by atoms with E-state index in [1.807, 2.05) is 17.0 Å². The van der Waals surface area contributed by atoms with Crippen LogP contribution in [-0.4, -0.2) is 36.8 Å². The van der Waals surface area contributed by atoms with Crippen molar-refractivity contribution in [2.75, 3.05) is 24.5 Å². The lowest BCUT2D eigenvalue weighted by Gasteiger charge is -2.31. The number of nitrogens with zero attached hydrogens (tertiary/aromatic N) is 2. The largest absolute Gasteiger partial charge is 0.393 e. The molecule has 1 aliphatic rings. The average molecular weight is 504 g/mol. The van der Waals surface area contributed by atoms with Crippen molar-refractivity contribution < 1.29 is 9.50 Å². The van der Waals surface area contributed by atoms with Crippen LogP contribution in [0.5, 0.6) is 0 Å². The topological polar surface area (TPSA) is 73.9 Å². The molecule has 148 valence electrons. The Morgan fingerprint density at radius 3 is 2.78 bits per heavy atom. The van der Waals surface area contributed by atoms with Crippen LogP contribution in [0.4, 0.5) is 10.1 Å². The van der Waals surface area contributed by atoms with Crippen LogP contribution < -0.4 is 16.0 Å². The quantitative estimate of drug-likeness (QED) is 0.321. The van der Waals surface area contributed by atoms with E-state index < -0.39 is 0 Å². The zero-order chi connectivity index (χ0) is 18.4. The maximum Gasteiger partial charge on any atom is 0.188 e. The minimum absolute atomic E-state index is 0. The van der Waals surface area contributed by atoms with E-state index in [1.165, 1.54) is 10.9 Å². The van der Waals surface area contributed by atoms with Crippen molar-refractivity contribution in [2.45, 2.75) is 31.9 Å². The molecule has 1 aromatic carbocycles. The Bertz CT molecular complexity index is 733. The summed E-state index contributed by atoms with van der Waals surface area (Å²) >= 11 is 1.72. The van der Waals surface area contributed by atoms with Crippen LogP contribution in [-0.2, 0) is 13.0 Å². The number of hydrogen-bond acceptors (Lipinski definition) is 4. The average Bonchev–Trinajstić information content (AvgIpc) is 3.14. The van der Waals surface area contributed by atoms with Gasteiger partial charge in [-0.15, -0.1) is 35.3 Å². The summed E-state index contributed by atoms with van der Waals surface area (Å²) in [6, 6.07) is 9.31. The highest BCUT2D eigenvalue weighted by Gasteiger charge is 2.19. The molecular weight excluding hydrogens is 478 g/mol. The normalized spacial score (nSPS) is 15.5. The molecule has 1 aromatic heterocycles. The molecule has 0 unspecified atom stereocenters. The predicted octanol–water partition coefficient (Wildman–Crippen LogP) is 3.11. The van der Waals surface area contributed by atoms with Crippen molar-refractivity contribution in [1.82, 2.24) is 5.32 Å². The monoisotopic (exact) mass is 504 g/mol. The van der Waals surface area contributed by atoms with Gasteiger partial charge in [-0.1, -0.05) is 12.1 Å². The number of rotatable bonds is 6. The van der Waals surface area contributed by atoms with Gasteiger partial charge in [-0.2, -0.15) is 0 Å². The van der Waals surface area contributed by atoms with Crippen molar-refractivity contribution in [1.29, 1.82) is 0 Å². The first kappa shape index (κ1) is 21.9. The number of guanidine groups is 1. The third kappa shape index (κ3) is 6.62. The smallest absolute Gasteiger partial charge is 0.188 e. The number of halogens is 2. The molecule has 1 aliphatic heterocycles. The third-order valence-corrected chi connectivity index (χ3v) is 5.44. The Morgan fingerprint density at radius 1 is 1.33 bits per heavy atom. The van der Waals surface area contributed by atoms with Crippen molar-refractivity contribution >= 4 is 47.0 Å². The van der Waals surface area contributed by atoms with E-state index in [4.69, 9.17) is 5.73 Å². The second-order valence-electron chi connectivity index (χ2n) is 6.46. The minimum Gasteiger partial charge on any atom is -0.393 e. The highest BCUT2D eigenvalue weighted by molar-refractivity contribution is 14.0. The van der Waals surface area contributed by atoms with E-state index in [1.54, 1.807) is 17.4 Å². The van der Waals surface area contributed by atoms with E-state index >= 15 is 0 Å². The molecule has 0 atom stereocenters. The molecule has 3 rings (SSSR count). The van der Waals surface area contributed by atoms with E-state index in [0.29, 0.717) is 44.1 Å². The number of aliphatic hydroxyl groups excluding tert-OH is 1. The number of nitrogens with one attached hydrogen (secondary N) is 1. The van der Waals surface area contributed by atoms with Gasteiger partial charge in [0.2, 0.25) is 0 Å². The molecule has 2 aromatic rings. The first-order valence-electron chi connectivity index (χ1n) is 8.89. The molecular formula is C19H26FIN4OS. The second kappa shape index (κ2) is 10.8.